The molecular weight excluding hydrogens is 368 g/mol. The summed E-state index contributed by atoms with van der Waals surface area (Å²) < 4.78 is 1.52. The summed E-state index contributed by atoms with van der Waals surface area (Å²) in [4.78, 5) is 26.3. The van der Waals surface area contributed by atoms with E-state index in [4.69, 9.17) is 0 Å². The van der Waals surface area contributed by atoms with Gasteiger partial charge in [-0.1, -0.05) is 6.92 Å². The van der Waals surface area contributed by atoms with E-state index in [0.717, 1.165) is 24.7 Å². The number of nitrogens with zero attached hydrogens (tertiary/aromatic N) is 4. The zero-order valence-electron chi connectivity index (χ0n) is 16.6. The Morgan fingerprint density at radius 2 is 1.86 bits per heavy atom. The van der Waals surface area contributed by atoms with Crippen LogP contribution in [0.4, 0.5) is 11.4 Å². The molecule has 0 bridgehead atoms. The molecule has 1 aliphatic rings. The van der Waals surface area contributed by atoms with Crippen molar-refractivity contribution >= 4 is 17.3 Å². The van der Waals surface area contributed by atoms with Crippen molar-refractivity contribution in [3.05, 3.63) is 64.2 Å². The summed E-state index contributed by atoms with van der Waals surface area (Å²) in [6, 6.07) is 10.9. The molecule has 0 radical (unpaired) electrons. The van der Waals surface area contributed by atoms with Crippen LogP contribution in [0.15, 0.2) is 47.4 Å². The molecule has 150 valence electrons. The van der Waals surface area contributed by atoms with E-state index in [9.17, 15) is 9.59 Å². The number of aromatic amines is 1. The van der Waals surface area contributed by atoms with Gasteiger partial charge in [-0.05, 0) is 56.0 Å². The van der Waals surface area contributed by atoms with Crippen molar-refractivity contribution in [3.63, 3.8) is 0 Å². The molecule has 1 aromatic carbocycles. The maximum atomic E-state index is 12.7. The quantitative estimate of drug-likeness (QED) is 0.712. The lowest BCUT2D eigenvalue weighted by Crippen LogP contribution is -2.32. The first kappa shape index (κ1) is 18.9. The molecule has 29 heavy (non-hydrogen) atoms. The molecule has 4 rings (SSSR count). The summed E-state index contributed by atoms with van der Waals surface area (Å²) in [5.41, 5.74) is 2.72. The lowest BCUT2D eigenvalue weighted by Gasteiger charge is -2.32. The van der Waals surface area contributed by atoms with Crippen molar-refractivity contribution in [1.82, 2.24) is 20.0 Å². The van der Waals surface area contributed by atoms with Crippen molar-refractivity contribution in [2.45, 2.75) is 26.7 Å². The molecule has 1 fully saturated rings. The average molecular weight is 392 g/mol. The van der Waals surface area contributed by atoms with E-state index in [1.807, 2.05) is 24.3 Å². The number of piperidine rings is 1. The highest BCUT2D eigenvalue weighted by Gasteiger charge is 2.18. The Morgan fingerprint density at radius 3 is 2.52 bits per heavy atom. The van der Waals surface area contributed by atoms with Crippen molar-refractivity contribution in [1.29, 1.82) is 0 Å². The van der Waals surface area contributed by atoms with Crippen molar-refractivity contribution in [3.8, 4) is 5.82 Å². The summed E-state index contributed by atoms with van der Waals surface area (Å²) in [5, 5.41) is 13.5. The largest absolute Gasteiger partial charge is 0.372 e. The van der Waals surface area contributed by atoms with E-state index < -0.39 is 0 Å². The molecule has 3 heterocycles. The summed E-state index contributed by atoms with van der Waals surface area (Å²) in [6.07, 6.45) is 3.93. The van der Waals surface area contributed by atoms with Gasteiger partial charge in [0, 0.05) is 30.5 Å². The molecule has 0 spiro atoms. The Balaban J connectivity index is 1.45. The predicted molar refractivity (Wildman–Crippen MR) is 112 cm³/mol. The maximum absolute atomic E-state index is 12.7. The van der Waals surface area contributed by atoms with Gasteiger partial charge in [-0.2, -0.15) is 10.2 Å². The fraction of sp³-hybridized carbons (Fsp3) is 0.333. The highest BCUT2D eigenvalue weighted by Crippen LogP contribution is 2.24. The van der Waals surface area contributed by atoms with Crippen LogP contribution in [0.25, 0.3) is 5.82 Å². The number of rotatable bonds is 4. The summed E-state index contributed by atoms with van der Waals surface area (Å²) in [6.45, 7) is 6.23. The minimum absolute atomic E-state index is 0.238. The van der Waals surface area contributed by atoms with Gasteiger partial charge < -0.3 is 10.2 Å². The molecule has 1 amide bonds. The Hall–Kier alpha value is -3.42. The zero-order chi connectivity index (χ0) is 20.4. The van der Waals surface area contributed by atoms with Crippen molar-refractivity contribution < 1.29 is 4.79 Å². The molecule has 0 unspecified atom stereocenters. The lowest BCUT2D eigenvalue weighted by molar-refractivity contribution is 0.102. The van der Waals surface area contributed by atoms with Crippen LogP contribution in [0.5, 0.6) is 0 Å². The first-order valence-corrected chi connectivity index (χ1v) is 9.78. The van der Waals surface area contributed by atoms with Crippen LogP contribution in [-0.4, -0.2) is 39.0 Å². The van der Waals surface area contributed by atoms with Gasteiger partial charge in [0.15, 0.2) is 5.82 Å². The van der Waals surface area contributed by atoms with Crippen LogP contribution in [-0.2, 0) is 0 Å². The third kappa shape index (κ3) is 4.06. The van der Waals surface area contributed by atoms with Gasteiger partial charge >= 0.3 is 0 Å². The number of anilines is 2. The monoisotopic (exact) mass is 392 g/mol. The third-order valence-corrected chi connectivity index (χ3v) is 5.41. The number of benzene rings is 1. The van der Waals surface area contributed by atoms with Crippen LogP contribution < -0.4 is 15.8 Å². The minimum Gasteiger partial charge on any atom is -0.372 e. The number of hydrogen-bond acceptors (Lipinski definition) is 5. The molecule has 8 heteroatoms. The maximum Gasteiger partial charge on any atom is 0.264 e. The van der Waals surface area contributed by atoms with E-state index in [-0.39, 0.29) is 11.5 Å². The third-order valence-electron chi connectivity index (χ3n) is 5.41. The second-order valence-corrected chi connectivity index (χ2v) is 7.51. The summed E-state index contributed by atoms with van der Waals surface area (Å²) >= 11 is 0. The summed E-state index contributed by atoms with van der Waals surface area (Å²) in [5.74, 6) is 0.999. The number of carbonyl (C=O) groups excluding carboxylic acids is 1. The predicted octanol–water partition coefficient (Wildman–Crippen LogP) is 2.75. The first-order valence-electron chi connectivity index (χ1n) is 9.78. The Bertz CT molecular complexity index is 1040. The van der Waals surface area contributed by atoms with Crippen molar-refractivity contribution in [2.24, 2.45) is 5.92 Å². The van der Waals surface area contributed by atoms with Gasteiger partial charge in [0.2, 0.25) is 0 Å². The van der Waals surface area contributed by atoms with Gasteiger partial charge in [0.25, 0.3) is 11.5 Å². The van der Waals surface area contributed by atoms with Crippen LogP contribution in [0.2, 0.25) is 0 Å². The van der Waals surface area contributed by atoms with E-state index >= 15 is 0 Å². The molecule has 0 atom stereocenters. The highest BCUT2D eigenvalue weighted by molar-refractivity contribution is 6.05. The SMILES string of the molecule is Cc1c(C(=O)Nc2ccc(N3CCC(C)CC3)cc2)cnn1-c1ccc(=O)[nH]n1. The smallest absolute Gasteiger partial charge is 0.264 e. The Kier molecular flexibility index (Phi) is 5.16. The van der Waals surface area contributed by atoms with E-state index in [2.05, 4.69) is 32.4 Å². The molecule has 2 N–H and O–H groups in total. The number of nitrogens with one attached hydrogen (secondary N) is 2. The van der Waals surface area contributed by atoms with Crippen LogP contribution in [0, 0.1) is 12.8 Å². The van der Waals surface area contributed by atoms with Gasteiger partial charge in [0.05, 0.1) is 17.5 Å². The molecular formula is C21H24N6O2. The highest BCUT2D eigenvalue weighted by atomic mass is 16.1. The first-order chi connectivity index (χ1) is 14.0. The second-order valence-electron chi connectivity index (χ2n) is 7.51. The molecule has 0 saturated carbocycles. The molecule has 3 aromatic rings. The van der Waals surface area contributed by atoms with Gasteiger partial charge in [-0.15, -0.1) is 0 Å². The second kappa shape index (κ2) is 7.90. The van der Waals surface area contributed by atoms with E-state index in [0.29, 0.717) is 17.1 Å². The Labute approximate surface area is 168 Å². The Morgan fingerprint density at radius 1 is 1.14 bits per heavy atom. The zero-order valence-corrected chi connectivity index (χ0v) is 16.6. The molecule has 2 aromatic heterocycles. The lowest BCUT2D eigenvalue weighted by atomic mass is 9.99. The fourth-order valence-corrected chi connectivity index (χ4v) is 3.54. The fourth-order valence-electron chi connectivity index (χ4n) is 3.54. The van der Waals surface area contributed by atoms with E-state index in [1.54, 1.807) is 13.0 Å². The number of aromatic nitrogens is 4. The standard InChI is InChI=1S/C21H24N6O2/c1-14-9-11-26(12-10-14)17-5-3-16(4-6-17)23-21(29)18-13-22-27(15(18)2)19-7-8-20(28)25-24-19/h3-8,13-14H,9-12H2,1-2H3,(H,23,29)(H,25,28). The van der Waals surface area contributed by atoms with Crippen LogP contribution in [0.3, 0.4) is 0 Å². The topological polar surface area (TPSA) is 95.9 Å². The number of H-pyrrole nitrogens is 1. The number of hydrogen-bond donors (Lipinski definition) is 2. The van der Waals surface area contributed by atoms with Crippen molar-refractivity contribution in [2.75, 3.05) is 23.3 Å². The number of amides is 1. The van der Waals surface area contributed by atoms with Gasteiger partial charge in [-0.3, -0.25) is 9.59 Å². The van der Waals surface area contributed by atoms with Gasteiger partial charge in [-0.25, -0.2) is 9.78 Å². The summed E-state index contributed by atoms with van der Waals surface area (Å²) in [7, 11) is 0. The molecule has 1 aliphatic heterocycles. The molecule has 0 aliphatic carbocycles. The van der Waals surface area contributed by atoms with Crippen LogP contribution >= 0.6 is 0 Å². The molecule has 8 nitrogen and oxygen atoms in total. The minimum atomic E-state index is -0.293. The number of carbonyl (C=O) groups is 1. The molecule has 1 saturated heterocycles. The average Bonchev–Trinajstić information content (AvgIpc) is 3.11. The van der Waals surface area contributed by atoms with E-state index in [1.165, 1.54) is 35.5 Å². The van der Waals surface area contributed by atoms with Gasteiger partial charge in [0.1, 0.15) is 0 Å². The normalized spacial score (nSPS) is 14.8. The van der Waals surface area contributed by atoms with Crippen LogP contribution in [0.1, 0.15) is 35.8 Å².